The zero-order valence-corrected chi connectivity index (χ0v) is 30.9. The van der Waals surface area contributed by atoms with Crippen LogP contribution in [0, 0.1) is 13.8 Å². The summed E-state index contributed by atoms with van der Waals surface area (Å²) in [5.74, 6) is 0. The summed E-state index contributed by atoms with van der Waals surface area (Å²) in [7, 11) is 0. The maximum atomic E-state index is 2.47. The Labute approximate surface area is 318 Å². The third kappa shape index (κ3) is 4.70. The van der Waals surface area contributed by atoms with Crippen LogP contribution in [-0.2, 0) is 0 Å². The number of hydrogen-bond acceptors (Lipinski definition) is 1. The van der Waals surface area contributed by atoms with Gasteiger partial charge in [0, 0.05) is 36.6 Å². The van der Waals surface area contributed by atoms with Gasteiger partial charge in [-0.2, -0.15) is 0 Å². The van der Waals surface area contributed by atoms with Crippen LogP contribution in [0.15, 0.2) is 176 Å². The van der Waals surface area contributed by atoms with E-state index in [0.717, 1.165) is 5.69 Å². The highest BCUT2D eigenvalue weighted by Gasteiger charge is 2.20. The van der Waals surface area contributed by atoms with Gasteiger partial charge in [-0.05, 0) is 105 Å². The molecule has 54 heavy (non-hydrogen) atoms. The number of aryl methyl sites for hydroxylation is 2. The summed E-state index contributed by atoms with van der Waals surface area (Å²) in [5.41, 5.74) is 13.7. The topological polar surface area (TPSA) is 4.93 Å². The van der Waals surface area contributed by atoms with Crippen LogP contribution in [-0.4, -0.2) is 4.57 Å². The van der Waals surface area contributed by atoms with Crippen LogP contribution < -0.4 is 0 Å². The Bertz CT molecular complexity index is 3270. The molecule has 11 aromatic rings. The van der Waals surface area contributed by atoms with E-state index in [0.29, 0.717) is 0 Å². The highest BCUT2D eigenvalue weighted by atomic mass is 32.1. The Kier molecular flexibility index (Phi) is 6.92. The van der Waals surface area contributed by atoms with Crippen molar-refractivity contribution in [3.63, 3.8) is 0 Å². The monoisotopic (exact) mass is 705 g/mol. The summed E-state index contributed by atoms with van der Waals surface area (Å²) in [6.07, 6.45) is 0. The van der Waals surface area contributed by atoms with E-state index < -0.39 is 0 Å². The van der Waals surface area contributed by atoms with Gasteiger partial charge in [-0.25, -0.2) is 0 Å². The van der Waals surface area contributed by atoms with Crippen LogP contribution in [0.3, 0.4) is 0 Å². The first-order valence-corrected chi connectivity index (χ1v) is 19.5. The van der Waals surface area contributed by atoms with E-state index in [1.165, 1.54) is 108 Å². The first-order valence-electron chi connectivity index (χ1n) is 18.7. The molecule has 2 heteroatoms. The highest BCUT2D eigenvalue weighted by Crippen LogP contribution is 2.46. The molecule has 11 rings (SSSR count). The second kappa shape index (κ2) is 12.0. The number of hydrogen-bond donors (Lipinski definition) is 0. The standard InChI is InChI=1S/C52H35NS/c1-32-18-22-34(23-19-32)50-41-12-3-4-13-42(41)51(35-24-20-33(2)21-25-35)46-31-37(27-28-43(46)50)53-47-16-7-5-10-39(47)45-30-36(26-29-48(45)53)38-14-9-15-44-40-11-6-8-17-49(40)54-52(38)44/h3-31H,1-2H3. The third-order valence-electron chi connectivity index (χ3n) is 11.3. The van der Waals surface area contributed by atoms with Crippen LogP contribution in [0.4, 0.5) is 0 Å². The van der Waals surface area contributed by atoms with Gasteiger partial charge in [0.25, 0.3) is 0 Å². The van der Waals surface area contributed by atoms with Gasteiger partial charge in [-0.3, -0.25) is 0 Å². The van der Waals surface area contributed by atoms with Gasteiger partial charge in [-0.1, -0.05) is 151 Å². The van der Waals surface area contributed by atoms with Crippen molar-refractivity contribution in [1.82, 2.24) is 4.57 Å². The second-order valence-corrected chi connectivity index (χ2v) is 15.7. The number of fused-ring (bicyclic) bond motifs is 8. The molecule has 0 aliphatic carbocycles. The Morgan fingerprint density at radius 3 is 1.65 bits per heavy atom. The minimum Gasteiger partial charge on any atom is -0.309 e. The average molecular weight is 706 g/mol. The molecule has 2 heterocycles. The summed E-state index contributed by atoms with van der Waals surface area (Å²) in [4.78, 5) is 0. The quantitative estimate of drug-likeness (QED) is 0.161. The van der Waals surface area contributed by atoms with E-state index in [2.05, 4.69) is 194 Å². The SMILES string of the molecule is Cc1ccc(-c2c3ccccc3c(-c3ccc(C)cc3)c3cc(-n4c5ccccc5c5cc(-c6cccc7c6sc6ccccc67)ccc54)ccc23)cc1. The molecule has 9 aromatic carbocycles. The first kappa shape index (κ1) is 31.1. The number of thiophene rings is 1. The van der Waals surface area contributed by atoms with E-state index in [4.69, 9.17) is 0 Å². The fourth-order valence-electron chi connectivity index (χ4n) is 8.76. The zero-order chi connectivity index (χ0) is 35.9. The molecule has 0 amide bonds. The van der Waals surface area contributed by atoms with Gasteiger partial charge < -0.3 is 4.57 Å². The van der Waals surface area contributed by atoms with Crippen molar-refractivity contribution in [3.8, 4) is 39.1 Å². The predicted molar refractivity (Wildman–Crippen MR) is 234 cm³/mol. The molecule has 0 aliphatic heterocycles. The maximum absolute atomic E-state index is 2.47. The molecule has 1 nitrogen and oxygen atoms in total. The normalized spacial score (nSPS) is 11.9. The first-order chi connectivity index (χ1) is 26.6. The lowest BCUT2D eigenvalue weighted by molar-refractivity contribution is 1.19. The second-order valence-electron chi connectivity index (χ2n) is 14.6. The van der Waals surface area contributed by atoms with Crippen LogP contribution in [0.5, 0.6) is 0 Å². The average Bonchev–Trinajstić information content (AvgIpc) is 3.76. The van der Waals surface area contributed by atoms with Gasteiger partial charge in [0.05, 0.1) is 11.0 Å². The molecule has 0 saturated heterocycles. The molecule has 254 valence electrons. The molecule has 0 bridgehead atoms. The van der Waals surface area contributed by atoms with E-state index in [-0.39, 0.29) is 0 Å². The number of benzene rings is 9. The Morgan fingerprint density at radius 2 is 0.926 bits per heavy atom. The summed E-state index contributed by atoms with van der Waals surface area (Å²) in [6, 6.07) is 65.6. The number of para-hydroxylation sites is 1. The third-order valence-corrected chi connectivity index (χ3v) is 12.6. The summed E-state index contributed by atoms with van der Waals surface area (Å²) in [5, 5.41) is 10.2. The van der Waals surface area contributed by atoms with Crippen molar-refractivity contribution in [3.05, 3.63) is 187 Å². The molecule has 0 aliphatic rings. The summed E-state index contributed by atoms with van der Waals surface area (Å²) < 4.78 is 5.14. The fourth-order valence-corrected chi connectivity index (χ4v) is 10.00. The van der Waals surface area contributed by atoms with E-state index in [1.807, 2.05) is 11.3 Å². The Balaban J connectivity index is 1.19. The maximum Gasteiger partial charge on any atom is 0.0541 e. The van der Waals surface area contributed by atoms with Crippen molar-refractivity contribution < 1.29 is 0 Å². The van der Waals surface area contributed by atoms with Crippen molar-refractivity contribution in [2.75, 3.05) is 0 Å². The van der Waals surface area contributed by atoms with Crippen molar-refractivity contribution in [1.29, 1.82) is 0 Å². The Hall–Kier alpha value is -6.48. The molecule has 0 saturated carbocycles. The predicted octanol–water partition coefficient (Wildman–Crippen LogP) is 15.1. The van der Waals surface area contributed by atoms with Crippen LogP contribution in [0.1, 0.15) is 11.1 Å². The smallest absolute Gasteiger partial charge is 0.0541 e. The molecule has 0 atom stereocenters. The molecule has 0 fully saturated rings. The zero-order valence-electron chi connectivity index (χ0n) is 30.1. The van der Waals surface area contributed by atoms with Crippen molar-refractivity contribution in [2.24, 2.45) is 0 Å². The van der Waals surface area contributed by atoms with Crippen LogP contribution >= 0.6 is 11.3 Å². The minimum absolute atomic E-state index is 1.16. The van der Waals surface area contributed by atoms with Gasteiger partial charge in [0.15, 0.2) is 0 Å². The largest absolute Gasteiger partial charge is 0.309 e. The molecular weight excluding hydrogens is 671 g/mol. The highest BCUT2D eigenvalue weighted by molar-refractivity contribution is 7.26. The van der Waals surface area contributed by atoms with Crippen LogP contribution in [0.2, 0.25) is 0 Å². The van der Waals surface area contributed by atoms with Crippen molar-refractivity contribution in [2.45, 2.75) is 13.8 Å². The molecule has 2 aromatic heterocycles. The molecule has 0 N–H and O–H groups in total. The lowest BCUT2D eigenvalue weighted by atomic mass is 9.85. The summed E-state index contributed by atoms with van der Waals surface area (Å²) >= 11 is 1.89. The van der Waals surface area contributed by atoms with Gasteiger partial charge in [-0.15, -0.1) is 11.3 Å². The van der Waals surface area contributed by atoms with E-state index in [1.54, 1.807) is 0 Å². The van der Waals surface area contributed by atoms with Crippen LogP contribution in [0.25, 0.3) is 103 Å². The minimum atomic E-state index is 1.16. The summed E-state index contributed by atoms with van der Waals surface area (Å²) in [6.45, 7) is 4.32. The lowest BCUT2D eigenvalue weighted by Gasteiger charge is -2.19. The Morgan fingerprint density at radius 1 is 0.370 bits per heavy atom. The van der Waals surface area contributed by atoms with E-state index in [9.17, 15) is 0 Å². The molecular formula is C52H35NS. The van der Waals surface area contributed by atoms with Crippen molar-refractivity contribution >= 4 is 74.9 Å². The molecule has 0 unspecified atom stereocenters. The number of aromatic nitrogens is 1. The molecule has 0 radical (unpaired) electrons. The number of rotatable bonds is 4. The fraction of sp³-hybridized carbons (Fsp3) is 0.0385. The number of nitrogens with zero attached hydrogens (tertiary/aromatic N) is 1. The lowest BCUT2D eigenvalue weighted by Crippen LogP contribution is -1.96. The van der Waals surface area contributed by atoms with Gasteiger partial charge in [0.1, 0.15) is 0 Å². The molecule has 0 spiro atoms. The van der Waals surface area contributed by atoms with Gasteiger partial charge in [0.2, 0.25) is 0 Å². The van der Waals surface area contributed by atoms with Gasteiger partial charge >= 0.3 is 0 Å². The van der Waals surface area contributed by atoms with E-state index >= 15 is 0 Å².